The van der Waals surface area contributed by atoms with Gasteiger partial charge < -0.3 is 16.0 Å². The zero-order chi connectivity index (χ0) is 18.7. The number of hydrogen-bond donors (Lipinski definition) is 3. The molecule has 1 aromatic carbocycles. The molecule has 25 heavy (non-hydrogen) atoms. The van der Waals surface area contributed by atoms with Crippen molar-refractivity contribution in [1.29, 1.82) is 0 Å². The summed E-state index contributed by atoms with van der Waals surface area (Å²) in [6.07, 6.45) is -5.18. The molecule has 0 atom stereocenters. The van der Waals surface area contributed by atoms with Crippen LogP contribution in [-0.2, 0) is 11.2 Å². The number of nitrogens with zero attached hydrogens (tertiary/aromatic N) is 1. The molecule has 0 radical (unpaired) electrons. The van der Waals surface area contributed by atoms with E-state index in [9.17, 15) is 22.4 Å². The molecule has 0 fully saturated rings. The Morgan fingerprint density at radius 3 is 2.52 bits per heavy atom. The van der Waals surface area contributed by atoms with Crippen molar-refractivity contribution < 1.29 is 22.4 Å². The SMILES string of the molecule is CCNC(=NCCC(F)(F)F)NCCNC(=O)Cc1cccc(F)c1. The van der Waals surface area contributed by atoms with Gasteiger partial charge in [-0.2, -0.15) is 13.2 Å². The van der Waals surface area contributed by atoms with Crippen molar-refractivity contribution >= 4 is 11.9 Å². The number of halogens is 4. The number of benzene rings is 1. The van der Waals surface area contributed by atoms with Crippen LogP contribution >= 0.6 is 0 Å². The molecule has 0 aliphatic rings. The molecular formula is C16H22F4N4O. The summed E-state index contributed by atoms with van der Waals surface area (Å²) in [4.78, 5) is 15.6. The smallest absolute Gasteiger partial charge is 0.357 e. The highest BCUT2D eigenvalue weighted by molar-refractivity contribution is 5.80. The Balaban J connectivity index is 2.30. The fourth-order valence-corrected chi connectivity index (χ4v) is 1.91. The van der Waals surface area contributed by atoms with Crippen LogP contribution in [0, 0.1) is 5.82 Å². The van der Waals surface area contributed by atoms with Gasteiger partial charge in [0.1, 0.15) is 5.82 Å². The number of amides is 1. The molecule has 5 nitrogen and oxygen atoms in total. The van der Waals surface area contributed by atoms with Gasteiger partial charge in [0.15, 0.2) is 5.96 Å². The van der Waals surface area contributed by atoms with E-state index in [0.29, 0.717) is 18.7 Å². The minimum atomic E-state index is -4.24. The molecule has 0 aromatic heterocycles. The van der Waals surface area contributed by atoms with Gasteiger partial charge in [-0.25, -0.2) is 4.39 Å². The van der Waals surface area contributed by atoms with Gasteiger partial charge in [0.25, 0.3) is 0 Å². The Morgan fingerprint density at radius 1 is 1.16 bits per heavy atom. The van der Waals surface area contributed by atoms with Crippen LogP contribution in [0.5, 0.6) is 0 Å². The second-order valence-corrected chi connectivity index (χ2v) is 5.21. The lowest BCUT2D eigenvalue weighted by molar-refractivity contribution is -0.132. The third-order valence-electron chi connectivity index (χ3n) is 3.00. The summed E-state index contributed by atoms with van der Waals surface area (Å²) in [6, 6.07) is 5.76. The first-order valence-electron chi connectivity index (χ1n) is 7.90. The summed E-state index contributed by atoms with van der Waals surface area (Å²) in [5.41, 5.74) is 0.563. The van der Waals surface area contributed by atoms with E-state index in [1.54, 1.807) is 13.0 Å². The van der Waals surface area contributed by atoms with Crippen LogP contribution < -0.4 is 16.0 Å². The van der Waals surface area contributed by atoms with Gasteiger partial charge in [-0.1, -0.05) is 12.1 Å². The van der Waals surface area contributed by atoms with Gasteiger partial charge in [0.2, 0.25) is 5.91 Å². The Kier molecular flexibility index (Phi) is 8.73. The molecule has 0 saturated heterocycles. The molecule has 0 saturated carbocycles. The molecule has 1 rings (SSSR count). The summed E-state index contributed by atoms with van der Waals surface area (Å²) in [6.45, 7) is 2.49. The average Bonchev–Trinajstić information content (AvgIpc) is 2.50. The zero-order valence-electron chi connectivity index (χ0n) is 13.9. The van der Waals surface area contributed by atoms with E-state index in [-0.39, 0.29) is 31.4 Å². The lowest BCUT2D eigenvalue weighted by Crippen LogP contribution is -2.42. The van der Waals surface area contributed by atoms with Gasteiger partial charge in [-0.3, -0.25) is 9.79 Å². The first-order valence-corrected chi connectivity index (χ1v) is 7.90. The standard InChI is InChI=1S/C16H22F4N4O/c1-2-21-15(23-7-6-16(18,19)20)24-9-8-22-14(25)11-12-4-3-5-13(17)10-12/h3-5,10H,2,6-9,11H2,1H3,(H,22,25)(H2,21,23,24). The van der Waals surface area contributed by atoms with Gasteiger partial charge in [0.05, 0.1) is 19.4 Å². The highest BCUT2D eigenvalue weighted by Crippen LogP contribution is 2.18. The predicted octanol–water partition coefficient (Wildman–Crippen LogP) is 1.99. The maximum absolute atomic E-state index is 13.0. The number of aliphatic imine (C=N–C) groups is 1. The largest absolute Gasteiger partial charge is 0.390 e. The number of guanidine groups is 1. The molecule has 0 heterocycles. The fourth-order valence-electron chi connectivity index (χ4n) is 1.91. The van der Waals surface area contributed by atoms with Crippen LogP contribution in [0.2, 0.25) is 0 Å². The van der Waals surface area contributed by atoms with Crippen LogP contribution in [0.1, 0.15) is 18.9 Å². The lowest BCUT2D eigenvalue weighted by atomic mass is 10.1. The fraction of sp³-hybridized carbons (Fsp3) is 0.500. The van der Waals surface area contributed by atoms with E-state index < -0.39 is 18.4 Å². The maximum Gasteiger partial charge on any atom is 0.390 e. The third kappa shape index (κ3) is 10.2. The molecule has 0 aliphatic heterocycles. The quantitative estimate of drug-likeness (QED) is 0.287. The molecule has 140 valence electrons. The summed E-state index contributed by atoms with van der Waals surface area (Å²) >= 11 is 0. The molecule has 1 aromatic rings. The Labute approximate surface area is 143 Å². The number of carbonyl (C=O) groups excluding carboxylic acids is 1. The minimum absolute atomic E-state index is 0.0531. The third-order valence-corrected chi connectivity index (χ3v) is 3.00. The first-order chi connectivity index (χ1) is 11.8. The molecular weight excluding hydrogens is 340 g/mol. The van der Waals surface area contributed by atoms with Crippen molar-refractivity contribution in [3.05, 3.63) is 35.6 Å². The van der Waals surface area contributed by atoms with Gasteiger partial charge in [-0.05, 0) is 24.6 Å². The molecule has 3 N–H and O–H groups in total. The van der Waals surface area contributed by atoms with Crippen LogP contribution in [-0.4, -0.2) is 44.2 Å². The van der Waals surface area contributed by atoms with E-state index in [1.165, 1.54) is 18.2 Å². The maximum atomic E-state index is 13.0. The number of nitrogens with one attached hydrogen (secondary N) is 3. The Morgan fingerprint density at radius 2 is 1.88 bits per heavy atom. The predicted molar refractivity (Wildman–Crippen MR) is 87.8 cm³/mol. The van der Waals surface area contributed by atoms with E-state index in [0.717, 1.165) is 0 Å². The highest BCUT2D eigenvalue weighted by Gasteiger charge is 2.26. The second-order valence-electron chi connectivity index (χ2n) is 5.21. The van der Waals surface area contributed by atoms with E-state index in [2.05, 4.69) is 20.9 Å². The molecule has 9 heteroatoms. The number of carbonyl (C=O) groups is 1. The number of alkyl halides is 3. The molecule has 0 spiro atoms. The molecule has 1 amide bonds. The summed E-state index contributed by atoms with van der Waals surface area (Å²) in [5.74, 6) is -0.421. The Bertz CT molecular complexity index is 575. The highest BCUT2D eigenvalue weighted by atomic mass is 19.4. The first kappa shape index (κ1) is 20.7. The van der Waals surface area contributed by atoms with E-state index in [1.807, 2.05) is 0 Å². The van der Waals surface area contributed by atoms with Crippen molar-refractivity contribution in [2.75, 3.05) is 26.2 Å². The van der Waals surface area contributed by atoms with Gasteiger partial charge >= 0.3 is 6.18 Å². The van der Waals surface area contributed by atoms with Crippen molar-refractivity contribution in [2.45, 2.75) is 25.9 Å². The minimum Gasteiger partial charge on any atom is -0.357 e. The molecule has 0 unspecified atom stereocenters. The zero-order valence-corrected chi connectivity index (χ0v) is 13.9. The second kappa shape index (κ2) is 10.5. The summed E-state index contributed by atoms with van der Waals surface area (Å²) < 4.78 is 49.4. The molecule has 0 bridgehead atoms. The van der Waals surface area contributed by atoms with Crippen molar-refractivity contribution in [1.82, 2.24) is 16.0 Å². The van der Waals surface area contributed by atoms with Gasteiger partial charge in [-0.15, -0.1) is 0 Å². The summed E-state index contributed by atoms with van der Waals surface area (Å²) in [5, 5.41) is 8.29. The van der Waals surface area contributed by atoms with Crippen LogP contribution in [0.15, 0.2) is 29.3 Å². The van der Waals surface area contributed by atoms with Crippen LogP contribution in [0.3, 0.4) is 0 Å². The van der Waals surface area contributed by atoms with Crippen molar-refractivity contribution in [2.24, 2.45) is 4.99 Å². The number of hydrogen-bond acceptors (Lipinski definition) is 2. The number of rotatable bonds is 8. The molecule has 0 aliphatic carbocycles. The van der Waals surface area contributed by atoms with Gasteiger partial charge in [0, 0.05) is 19.6 Å². The van der Waals surface area contributed by atoms with Crippen LogP contribution in [0.4, 0.5) is 17.6 Å². The van der Waals surface area contributed by atoms with Crippen molar-refractivity contribution in [3.8, 4) is 0 Å². The normalized spacial score (nSPS) is 12.0. The van der Waals surface area contributed by atoms with Crippen LogP contribution in [0.25, 0.3) is 0 Å². The average molecular weight is 362 g/mol. The lowest BCUT2D eigenvalue weighted by Gasteiger charge is -2.12. The van der Waals surface area contributed by atoms with E-state index in [4.69, 9.17) is 0 Å². The summed E-state index contributed by atoms with van der Waals surface area (Å²) in [7, 11) is 0. The topological polar surface area (TPSA) is 65.5 Å². The van der Waals surface area contributed by atoms with Crippen molar-refractivity contribution in [3.63, 3.8) is 0 Å². The monoisotopic (exact) mass is 362 g/mol. The van der Waals surface area contributed by atoms with E-state index >= 15 is 0 Å². The Hall–Kier alpha value is -2.32.